The number of piperidine rings is 1. The molecule has 0 aliphatic carbocycles. The summed E-state index contributed by atoms with van der Waals surface area (Å²) in [6.07, 6.45) is 5.83. The molecule has 13 heteroatoms. The maximum Gasteiger partial charge on any atom is 0.328 e. The normalized spacial score (nSPS) is 15.4. The first-order valence-electron chi connectivity index (χ1n) is 13.5. The van der Waals surface area contributed by atoms with Gasteiger partial charge in [-0.15, -0.1) is 0 Å². The van der Waals surface area contributed by atoms with Gasteiger partial charge in [0.25, 0.3) is 5.69 Å². The summed E-state index contributed by atoms with van der Waals surface area (Å²) in [6, 6.07) is 15.9. The van der Waals surface area contributed by atoms with E-state index in [1.807, 2.05) is 6.07 Å². The summed E-state index contributed by atoms with van der Waals surface area (Å²) >= 11 is 0. The third-order valence-corrected chi connectivity index (χ3v) is 6.70. The molecule has 0 amide bonds. The molecule has 0 radical (unpaired) electrons. The first-order chi connectivity index (χ1) is 20.4. The summed E-state index contributed by atoms with van der Waals surface area (Å²) in [4.78, 5) is 53.9. The predicted molar refractivity (Wildman–Crippen MR) is 155 cm³/mol. The van der Waals surface area contributed by atoms with Gasteiger partial charge in [0.05, 0.1) is 4.92 Å². The molecular formula is C30H35N3O10. The van der Waals surface area contributed by atoms with Crippen LogP contribution in [0.5, 0.6) is 0 Å². The molecule has 13 nitrogen and oxygen atoms in total. The van der Waals surface area contributed by atoms with Gasteiger partial charge in [-0.25, -0.2) is 19.2 Å². The zero-order valence-electron chi connectivity index (χ0n) is 23.4. The Kier molecular flexibility index (Phi) is 14.2. The number of carboxylic acid groups (broad SMARTS) is 4. The van der Waals surface area contributed by atoms with E-state index in [4.69, 9.17) is 20.4 Å². The lowest BCUT2D eigenvalue weighted by Gasteiger charge is -2.36. The maximum absolute atomic E-state index is 10.9. The molecule has 1 saturated heterocycles. The van der Waals surface area contributed by atoms with Crippen molar-refractivity contribution in [2.75, 3.05) is 26.2 Å². The van der Waals surface area contributed by atoms with Gasteiger partial charge in [0.1, 0.15) is 0 Å². The standard InChI is InChI=1S/C22H27N3O2.2C4H4O4/c26-25(27)22-7-3-4-19(14-22)16-23-11-8-18(9-12-23)15-24-13-10-20-5-1-2-6-21(20)17-24;2*5-3(6)1-2-4(7)8/h1-7,14,18H,8-13,15-17H2;2*1-2H,(H,5,6)(H,7,8). The molecule has 43 heavy (non-hydrogen) atoms. The number of aliphatic carboxylic acids is 4. The molecule has 1 fully saturated rings. The molecule has 2 aliphatic heterocycles. The van der Waals surface area contributed by atoms with Crippen molar-refractivity contribution in [3.63, 3.8) is 0 Å². The van der Waals surface area contributed by atoms with Crippen molar-refractivity contribution >= 4 is 29.6 Å². The Morgan fingerprint density at radius 1 is 0.767 bits per heavy atom. The number of nitro groups is 1. The highest BCUT2D eigenvalue weighted by molar-refractivity contribution is 5.90. The lowest BCUT2D eigenvalue weighted by molar-refractivity contribution is -0.384. The van der Waals surface area contributed by atoms with Crippen molar-refractivity contribution in [2.24, 2.45) is 5.92 Å². The number of rotatable bonds is 9. The number of fused-ring (bicyclic) bond motifs is 1. The third kappa shape index (κ3) is 14.0. The fourth-order valence-corrected chi connectivity index (χ4v) is 4.71. The molecule has 4 rings (SSSR count). The summed E-state index contributed by atoms with van der Waals surface area (Å²) in [7, 11) is 0. The molecule has 2 heterocycles. The van der Waals surface area contributed by atoms with E-state index in [1.165, 1.54) is 43.5 Å². The maximum atomic E-state index is 10.9. The van der Waals surface area contributed by atoms with E-state index in [0.717, 1.165) is 37.7 Å². The number of carbonyl (C=O) groups is 4. The van der Waals surface area contributed by atoms with Crippen LogP contribution < -0.4 is 0 Å². The fraction of sp³-hybridized carbons (Fsp3) is 0.333. The Morgan fingerprint density at radius 3 is 1.81 bits per heavy atom. The van der Waals surface area contributed by atoms with Gasteiger partial charge in [-0.05, 0) is 55.0 Å². The van der Waals surface area contributed by atoms with Crippen molar-refractivity contribution in [3.05, 3.63) is 99.6 Å². The molecule has 0 saturated carbocycles. The number of hydrogen-bond donors (Lipinski definition) is 4. The number of hydrogen-bond acceptors (Lipinski definition) is 8. The molecule has 2 aromatic carbocycles. The summed E-state index contributed by atoms with van der Waals surface area (Å²) in [6.45, 7) is 6.43. The Hall–Kier alpha value is -4.88. The summed E-state index contributed by atoms with van der Waals surface area (Å²) in [5, 5.41) is 42.2. The second-order valence-electron chi connectivity index (χ2n) is 9.92. The molecule has 0 bridgehead atoms. The van der Waals surface area contributed by atoms with Gasteiger partial charge in [-0.1, -0.05) is 36.4 Å². The molecule has 0 aromatic heterocycles. The van der Waals surface area contributed by atoms with E-state index in [1.54, 1.807) is 18.2 Å². The SMILES string of the molecule is O=C(O)C=CC(=O)O.O=C(O)C=CC(=O)O.O=[N+]([O-])c1cccc(CN2CCC(CN3CCc4ccccc4C3)CC2)c1. The van der Waals surface area contributed by atoms with Gasteiger partial charge in [0, 0.05) is 62.6 Å². The van der Waals surface area contributed by atoms with Crippen LogP contribution in [0.3, 0.4) is 0 Å². The molecule has 0 spiro atoms. The van der Waals surface area contributed by atoms with Crippen molar-refractivity contribution in [1.29, 1.82) is 0 Å². The van der Waals surface area contributed by atoms with Crippen LogP contribution in [0.15, 0.2) is 72.8 Å². The highest BCUT2D eigenvalue weighted by Crippen LogP contribution is 2.24. The second-order valence-corrected chi connectivity index (χ2v) is 9.92. The first-order valence-corrected chi connectivity index (χ1v) is 13.5. The number of nitro benzene ring substituents is 1. The van der Waals surface area contributed by atoms with Crippen LogP contribution in [0.2, 0.25) is 0 Å². The van der Waals surface area contributed by atoms with Gasteiger partial charge in [-0.2, -0.15) is 0 Å². The lowest BCUT2D eigenvalue weighted by Crippen LogP contribution is -2.40. The summed E-state index contributed by atoms with van der Waals surface area (Å²) in [5.41, 5.74) is 4.23. The zero-order valence-corrected chi connectivity index (χ0v) is 23.4. The van der Waals surface area contributed by atoms with Crippen molar-refractivity contribution < 1.29 is 44.5 Å². The Balaban J connectivity index is 0.000000334. The van der Waals surface area contributed by atoms with E-state index < -0.39 is 23.9 Å². The Bertz CT molecular complexity index is 1270. The van der Waals surface area contributed by atoms with Crippen LogP contribution >= 0.6 is 0 Å². The van der Waals surface area contributed by atoms with Gasteiger partial charge in [0.15, 0.2) is 0 Å². The van der Waals surface area contributed by atoms with Crippen molar-refractivity contribution in [1.82, 2.24) is 9.80 Å². The first kappa shape index (κ1) is 34.3. The van der Waals surface area contributed by atoms with Crippen LogP contribution in [0.1, 0.15) is 29.5 Å². The lowest BCUT2D eigenvalue weighted by atomic mass is 9.93. The van der Waals surface area contributed by atoms with Crippen LogP contribution in [-0.2, 0) is 38.7 Å². The number of nitrogens with zero attached hydrogens (tertiary/aromatic N) is 3. The summed E-state index contributed by atoms with van der Waals surface area (Å²) in [5.74, 6) is -4.27. The van der Waals surface area contributed by atoms with Gasteiger partial charge >= 0.3 is 23.9 Å². The van der Waals surface area contributed by atoms with E-state index >= 15 is 0 Å². The average molecular weight is 598 g/mol. The molecule has 0 unspecified atom stereocenters. The highest BCUT2D eigenvalue weighted by Gasteiger charge is 2.24. The Labute approximate surface area is 248 Å². The van der Waals surface area contributed by atoms with Gasteiger partial charge in [0.2, 0.25) is 0 Å². The van der Waals surface area contributed by atoms with E-state index in [0.29, 0.717) is 24.3 Å². The molecule has 2 aliphatic rings. The zero-order chi connectivity index (χ0) is 31.8. The number of benzene rings is 2. The van der Waals surface area contributed by atoms with E-state index in [2.05, 4.69) is 34.1 Å². The largest absolute Gasteiger partial charge is 0.478 e. The minimum absolute atomic E-state index is 0.188. The molecule has 4 N–H and O–H groups in total. The van der Waals surface area contributed by atoms with Gasteiger partial charge in [-0.3, -0.25) is 19.9 Å². The quantitative estimate of drug-likeness (QED) is 0.187. The Morgan fingerprint density at radius 2 is 1.30 bits per heavy atom. The second kappa shape index (κ2) is 17.8. The van der Waals surface area contributed by atoms with Crippen LogP contribution in [0.25, 0.3) is 0 Å². The predicted octanol–water partition coefficient (Wildman–Crippen LogP) is 3.29. The molecular weight excluding hydrogens is 562 g/mol. The van der Waals surface area contributed by atoms with Crippen LogP contribution in [0.4, 0.5) is 5.69 Å². The smallest absolute Gasteiger partial charge is 0.328 e. The minimum Gasteiger partial charge on any atom is -0.478 e. The molecule has 230 valence electrons. The summed E-state index contributed by atoms with van der Waals surface area (Å²) < 4.78 is 0. The minimum atomic E-state index is -1.26. The van der Waals surface area contributed by atoms with E-state index in [9.17, 15) is 29.3 Å². The number of likely N-dealkylation sites (tertiary alicyclic amines) is 1. The average Bonchev–Trinajstić information content (AvgIpc) is 2.97. The van der Waals surface area contributed by atoms with Crippen molar-refractivity contribution in [2.45, 2.75) is 32.4 Å². The monoisotopic (exact) mass is 597 g/mol. The molecule has 0 atom stereocenters. The number of non-ortho nitro benzene ring substituents is 1. The third-order valence-electron chi connectivity index (χ3n) is 6.70. The van der Waals surface area contributed by atoms with E-state index in [-0.39, 0.29) is 10.6 Å². The van der Waals surface area contributed by atoms with Gasteiger partial charge < -0.3 is 20.4 Å². The highest BCUT2D eigenvalue weighted by atomic mass is 16.6. The fourth-order valence-electron chi connectivity index (χ4n) is 4.71. The van der Waals surface area contributed by atoms with Crippen molar-refractivity contribution in [3.8, 4) is 0 Å². The van der Waals surface area contributed by atoms with Crippen LogP contribution in [0, 0.1) is 16.0 Å². The molecule has 2 aromatic rings. The number of carboxylic acids is 4. The topological polar surface area (TPSA) is 199 Å². The van der Waals surface area contributed by atoms with Crippen LogP contribution in [-0.4, -0.2) is 85.2 Å².